The van der Waals surface area contributed by atoms with Crippen molar-refractivity contribution >= 4 is 17.2 Å². The fraction of sp³-hybridized carbons (Fsp3) is 0.263. The number of hydrogen-bond acceptors (Lipinski definition) is 3. The maximum absolute atomic E-state index is 13.2. The van der Waals surface area contributed by atoms with Crippen LogP contribution in [-0.2, 0) is 11.2 Å². The number of amides is 1. The lowest BCUT2D eigenvalue weighted by Gasteiger charge is -2.07. The maximum atomic E-state index is 13.2. The fourth-order valence-corrected chi connectivity index (χ4v) is 2.44. The second-order valence-electron chi connectivity index (χ2n) is 5.80. The Morgan fingerprint density at radius 1 is 1.20 bits per heavy atom. The van der Waals surface area contributed by atoms with Crippen LogP contribution >= 0.6 is 0 Å². The summed E-state index contributed by atoms with van der Waals surface area (Å²) in [7, 11) is 0. The van der Waals surface area contributed by atoms with Gasteiger partial charge in [-0.15, -0.1) is 0 Å². The Morgan fingerprint density at radius 3 is 2.76 bits per heavy atom. The van der Waals surface area contributed by atoms with E-state index in [9.17, 15) is 9.18 Å². The Labute approximate surface area is 145 Å². The van der Waals surface area contributed by atoms with E-state index in [1.807, 2.05) is 12.1 Å². The van der Waals surface area contributed by atoms with Crippen molar-refractivity contribution in [1.29, 1.82) is 0 Å². The van der Waals surface area contributed by atoms with E-state index in [1.54, 1.807) is 28.8 Å². The van der Waals surface area contributed by atoms with Gasteiger partial charge >= 0.3 is 0 Å². The normalized spacial score (nSPS) is 10.8. The first kappa shape index (κ1) is 17.0. The minimum atomic E-state index is -0.345. The molecule has 130 valence electrons. The first-order chi connectivity index (χ1) is 12.1. The molecule has 5 nitrogen and oxygen atoms in total. The number of imidazole rings is 1. The monoisotopic (exact) mass is 341 g/mol. The zero-order valence-corrected chi connectivity index (χ0v) is 14.0. The lowest BCUT2D eigenvalue weighted by Crippen LogP contribution is -2.14. The second kappa shape index (κ2) is 7.79. The SMILES string of the molecule is CCCCOc1ccc(NC(=O)Cc2cn3cc(F)ccc3n2)cc1. The van der Waals surface area contributed by atoms with Crippen LogP contribution < -0.4 is 10.1 Å². The van der Waals surface area contributed by atoms with Crippen molar-refractivity contribution in [2.75, 3.05) is 11.9 Å². The van der Waals surface area contributed by atoms with Crippen LogP contribution in [0.15, 0.2) is 48.8 Å². The minimum Gasteiger partial charge on any atom is -0.494 e. The number of carbonyl (C=O) groups is 1. The average molecular weight is 341 g/mol. The summed E-state index contributed by atoms with van der Waals surface area (Å²) in [5, 5.41) is 2.82. The quantitative estimate of drug-likeness (QED) is 0.665. The minimum absolute atomic E-state index is 0.123. The smallest absolute Gasteiger partial charge is 0.230 e. The third-order valence-electron chi connectivity index (χ3n) is 3.71. The molecule has 0 saturated carbocycles. The number of halogens is 1. The summed E-state index contributed by atoms with van der Waals surface area (Å²) >= 11 is 0. The number of aromatic nitrogens is 2. The molecule has 0 fully saturated rings. The van der Waals surface area contributed by atoms with Gasteiger partial charge in [0, 0.05) is 18.1 Å². The number of fused-ring (bicyclic) bond motifs is 1. The standard InChI is InChI=1S/C19H20FN3O2/c1-2-3-10-25-17-7-5-15(6-8-17)22-19(24)11-16-13-23-12-14(20)4-9-18(23)21-16/h4-9,12-13H,2-3,10-11H2,1H3,(H,22,24). The summed E-state index contributed by atoms with van der Waals surface area (Å²) in [6.45, 7) is 2.80. The molecule has 0 unspecified atom stereocenters. The molecular weight excluding hydrogens is 321 g/mol. The molecule has 25 heavy (non-hydrogen) atoms. The van der Waals surface area contributed by atoms with E-state index < -0.39 is 0 Å². The number of rotatable bonds is 7. The molecule has 6 heteroatoms. The lowest BCUT2D eigenvalue weighted by molar-refractivity contribution is -0.115. The van der Waals surface area contributed by atoms with E-state index in [0.717, 1.165) is 18.6 Å². The molecule has 3 rings (SSSR count). The Balaban J connectivity index is 1.57. The fourth-order valence-electron chi connectivity index (χ4n) is 2.44. The predicted octanol–water partition coefficient (Wildman–Crippen LogP) is 3.83. The number of pyridine rings is 1. The number of ether oxygens (including phenoxy) is 1. The highest BCUT2D eigenvalue weighted by Crippen LogP contribution is 2.16. The van der Waals surface area contributed by atoms with Crippen LogP contribution in [0.5, 0.6) is 5.75 Å². The van der Waals surface area contributed by atoms with Gasteiger partial charge in [-0.1, -0.05) is 13.3 Å². The van der Waals surface area contributed by atoms with Gasteiger partial charge in [-0.3, -0.25) is 4.79 Å². The van der Waals surface area contributed by atoms with Crippen molar-refractivity contribution in [1.82, 2.24) is 9.38 Å². The van der Waals surface area contributed by atoms with Gasteiger partial charge in [-0.05, 0) is 42.8 Å². The maximum Gasteiger partial charge on any atom is 0.230 e. The van der Waals surface area contributed by atoms with Crippen molar-refractivity contribution in [2.24, 2.45) is 0 Å². The van der Waals surface area contributed by atoms with Crippen molar-refractivity contribution in [3.8, 4) is 5.75 Å². The molecule has 3 aromatic rings. The van der Waals surface area contributed by atoms with E-state index in [1.165, 1.54) is 12.3 Å². The molecule has 0 aliphatic carbocycles. The molecule has 0 bridgehead atoms. The highest BCUT2D eigenvalue weighted by Gasteiger charge is 2.09. The van der Waals surface area contributed by atoms with Crippen molar-refractivity contribution in [3.63, 3.8) is 0 Å². The number of anilines is 1. The van der Waals surface area contributed by atoms with E-state index in [0.29, 0.717) is 23.6 Å². The molecule has 1 aromatic carbocycles. The van der Waals surface area contributed by atoms with E-state index in [2.05, 4.69) is 17.2 Å². The first-order valence-corrected chi connectivity index (χ1v) is 8.30. The van der Waals surface area contributed by atoms with Gasteiger partial charge in [0.05, 0.1) is 18.7 Å². The second-order valence-corrected chi connectivity index (χ2v) is 5.80. The predicted molar refractivity (Wildman–Crippen MR) is 94.3 cm³/mol. The van der Waals surface area contributed by atoms with E-state index in [4.69, 9.17) is 4.74 Å². The molecule has 0 atom stereocenters. The zero-order valence-electron chi connectivity index (χ0n) is 14.0. The van der Waals surface area contributed by atoms with Gasteiger partial charge in [-0.25, -0.2) is 9.37 Å². The van der Waals surface area contributed by atoms with Gasteiger partial charge in [0.25, 0.3) is 0 Å². The topological polar surface area (TPSA) is 55.6 Å². The number of benzene rings is 1. The van der Waals surface area contributed by atoms with Gasteiger partial charge in [-0.2, -0.15) is 0 Å². The number of unbranched alkanes of at least 4 members (excludes halogenated alkanes) is 1. The molecule has 0 saturated heterocycles. The summed E-state index contributed by atoms with van der Waals surface area (Å²) < 4.78 is 20.3. The van der Waals surface area contributed by atoms with E-state index in [-0.39, 0.29) is 18.1 Å². The molecule has 1 amide bonds. The first-order valence-electron chi connectivity index (χ1n) is 8.30. The third-order valence-corrected chi connectivity index (χ3v) is 3.71. The molecule has 0 spiro atoms. The average Bonchev–Trinajstić information content (AvgIpc) is 2.97. The summed E-state index contributed by atoms with van der Waals surface area (Å²) in [5.74, 6) is 0.263. The van der Waals surface area contributed by atoms with Crippen molar-refractivity contribution in [2.45, 2.75) is 26.2 Å². The molecule has 0 aliphatic heterocycles. The molecular formula is C19H20FN3O2. The van der Waals surface area contributed by atoms with Crippen LogP contribution in [0.1, 0.15) is 25.5 Å². The van der Waals surface area contributed by atoms with Crippen LogP contribution in [0.3, 0.4) is 0 Å². The molecule has 2 aromatic heterocycles. The van der Waals surface area contributed by atoms with Crippen LogP contribution in [-0.4, -0.2) is 21.9 Å². The van der Waals surface area contributed by atoms with Crippen molar-refractivity contribution < 1.29 is 13.9 Å². The molecule has 0 radical (unpaired) electrons. The zero-order chi connectivity index (χ0) is 17.6. The largest absolute Gasteiger partial charge is 0.494 e. The molecule has 2 heterocycles. The van der Waals surface area contributed by atoms with Crippen LogP contribution in [0, 0.1) is 5.82 Å². The summed E-state index contributed by atoms with van der Waals surface area (Å²) in [5.41, 5.74) is 1.89. The Morgan fingerprint density at radius 2 is 2.00 bits per heavy atom. The Bertz CT molecular complexity index is 859. The van der Waals surface area contributed by atoms with Gasteiger partial charge in [0.2, 0.25) is 5.91 Å². The van der Waals surface area contributed by atoms with Gasteiger partial charge < -0.3 is 14.5 Å². The number of nitrogens with one attached hydrogen (secondary N) is 1. The van der Waals surface area contributed by atoms with Crippen LogP contribution in [0.25, 0.3) is 5.65 Å². The number of nitrogens with zero attached hydrogens (tertiary/aromatic N) is 2. The summed E-state index contributed by atoms with van der Waals surface area (Å²) in [6, 6.07) is 10.2. The molecule has 1 N–H and O–H groups in total. The number of hydrogen-bond donors (Lipinski definition) is 1. The number of carbonyl (C=O) groups excluding carboxylic acids is 1. The summed E-state index contributed by atoms with van der Waals surface area (Å²) in [4.78, 5) is 16.5. The van der Waals surface area contributed by atoms with Crippen LogP contribution in [0.2, 0.25) is 0 Å². The highest BCUT2D eigenvalue weighted by atomic mass is 19.1. The summed E-state index contributed by atoms with van der Waals surface area (Å²) in [6.07, 6.45) is 5.22. The Hall–Kier alpha value is -2.89. The van der Waals surface area contributed by atoms with Crippen LogP contribution in [0.4, 0.5) is 10.1 Å². The van der Waals surface area contributed by atoms with Crippen molar-refractivity contribution in [3.05, 3.63) is 60.3 Å². The highest BCUT2D eigenvalue weighted by molar-refractivity contribution is 5.92. The van der Waals surface area contributed by atoms with E-state index >= 15 is 0 Å². The lowest BCUT2D eigenvalue weighted by atomic mass is 10.2. The van der Waals surface area contributed by atoms with Gasteiger partial charge in [0.15, 0.2) is 0 Å². The Kier molecular flexibility index (Phi) is 5.28. The van der Waals surface area contributed by atoms with Gasteiger partial charge in [0.1, 0.15) is 17.2 Å². The molecule has 0 aliphatic rings. The third kappa shape index (κ3) is 4.56.